The Bertz CT molecular complexity index is 1470. The Balaban J connectivity index is 1.36. The normalized spacial score (nSPS) is 12.1. The van der Waals surface area contributed by atoms with Crippen LogP contribution in [0.3, 0.4) is 0 Å². The van der Waals surface area contributed by atoms with E-state index in [9.17, 15) is 18.3 Å². The van der Waals surface area contributed by atoms with Crippen LogP contribution in [0.5, 0.6) is 0 Å². The van der Waals surface area contributed by atoms with Crippen LogP contribution < -0.4 is 10.6 Å². The van der Waals surface area contributed by atoms with E-state index in [4.69, 9.17) is 0 Å². The van der Waals surface area contributed by atoms with Gasteiger partial charge in [0.05, 0.1) is 39.3 Å². The van der Waals surface area contributed by atoms with Gasteiger partial charge in [0.25, 0.3) is 0 Å². The number of anilines is 1. The molecule has 0 radical (unpaired) electrons. The number of sulfone groups is 1. The van der Waals surface area contributed by atoms with E-state index in [-0.39, 0.29) is 10.9 Å². The Hall–Kier alpha value is -3.28. The molecular weight excluding hydrogens is 486 g/mol. The average Bonchev–Trinajstić information content (AvgIpc) is 3.37. The lowest BCUT2D eigenvalue weighted by atomic mass is 10.1. The molecule has 35 heavy (non-hydrogen) atoms. The molecule has 2 amide bonds. The summed E-state index contributed by atoms with van der Waals surface area (Å²) in [6.07, 6.45) is 5.27. The highest BCUT2D eigenvalue weighted by molar-refractivity contribution is 7.90. The Morgan fingerprint density at radius 2 is 1.94 bits per heavy atom. The van der Waals surface area contributed by atoms with Gasteiger partial charge in [-0.3, -0.25) is 5.32 Å². The van der Waals surface area contributed by atoms with Crippen LogP contribution in [-0.2, 0) is 22.8 Å². The molecule has 0 aliphatic heterocycles. The van der Waals surface area contributed by atoms with E-state index in [0.29, 0.717) is 24.6 Å². The summed E-state index contributed by atoms with van der Waals surface area (Å²) in [7, 11) is -3.30. The van der Waals surface area contributed by atoms with Crippen LogP contribution in [0.2, 0.25) is 0 Å². The first-order valence-corrected chi connectivity index (χ1v) is 13.7. The van der Waals surface area contributed by atoms with Gasteiger partial charge < -0.3 is 15.0 Å². The molecule has 4 rings (SSSR count). The summed E-state index contributed by atoms with van der Waals surface area (Å²) in [5.74, 6) is 0. The van der Waals surface area contributed by atoms with E-state index in [1.54, 1.807) is 38.4 Å². The van der Waals surface area contributed by atoms with Crippen LogP contribution in [0.15, 0.2) is 59.9 Å². The molecule has 9 nitrogen and oxygen atoms in total. The zero-order valence-electron chi connectivity index (χ0n) is 19.6. The van der Waals surface area contributed by atoms with Crippen LogP contribution >= 0.6 is 11.3 Å². The quantitative estimate of drug-likeness (QED) is 0.330. The van der Waals surface area contributed by atoms with E-state index in [2.05, 4.69) is 20.6 Å². The zero-order valence-corrected chi connectivity index (χ0v) is 21.3. The topological polar surface area (TPSA) is 126 Å². The van der Waals surface area contributed by atoms with Gasteiger partial charge in [0.15, 0.2) is 15.0 Å². The predicted molar refractivity (Wildman–Crippen MR) is 137 cm³/mol. The molecule has 0 unspecified atom stereocenters. The van der Waals surface area contributed by atoms with Crippen molar-refractivity contribution in [2.24, 2.45) is 0 Å². The van der Waals surface area contributed by atoms with Crippen molar-refractivity contribution in [1.82, 2.24) is 19.9 Å². The highest BCUT2D eigenvalue weighted by Gasteiger charge is 2.14. The Labute approximate surface area is 207 Å². The van der Waals surface area contributed by atoms with Crippen molar-refractivity contribution < 1.29 is 18.3 Å². The second kappa shape index (κ2) is 9.76. The molecule has 2 aromatic carbocycles. The van der Waals surface area contributed by atoms with Gasteiger partial charge in [-0.1, -0.05) is 29.5 Å². The maximum atomic E-state index is 12.3. The van der Waals surface area contributed by atoms with Gasteiger partial charge in [0.1, 0.15) is 0 Å². The molecule has 2 heterocycles. The van der Waals surface area contributed by atoms with E-state index in [1.807, 2.05) is 35.0 Å². The third kappa shape index (κ3) is 6.65. The molecule has 0 spiro atoms. The second-order valence-corrected chi connectivity index (χ2v) is 12.0. The maximum absolute atomic E-state index is 12.3. The van der Waals surface area contributed by atoms with Crippen LogP contribution in [-0.4, -0.2) is 52.5 Å². The monoisotopic (exact) mass is 513 g/mol. The van der Waals surface area contributed by atoms with Crippen molar-refractivity contribution >= 4 is 42.6 Å². The van der Waals surface area contributed by atoms with Gasteiger partial charge >= 0.3 is 6.03 Å². The summed E-state index contributed by atoms with van der Waals surface area (Å²) < 4.78 is 26.4. The minimum Gasteiger partial charge on any atom is -0.389 e. The number of carbonyl (C=O) groups excluding carboxylic acids is 1. The molecule has 0 aliphatic rings. The van der Waals surface area contributed by atoms with Crippen molar-refractivity contribution in [3.05, 3.63) is 60.7 Å². The minimum atomic E-state index is -3.30. The third-order valence-electron chi connectivity index (χ3n) is 5.13. The number of rotatable bonds is 8. The number of aromatic nitrogens is 3. The van der Waals surface area contributed by atoms with Crippen molar-refractivity contribution in [2.45, 2.75) is 37.3 Å². The van der Waals surface area contributed by atoms with E-state index in [0.717, 1.165) is 27.0 Å². The molecule has 0 saturated carbocycles. The third-order valence-corrected chi connectivity index (χ3v) is 7.17. The Kier molecular flexibility index (Phi) is 6.93. The summed E-state index contributed by atoms with van der Waals surface area (Å²) in [6, 6.07) is 12.1. The van der Waals surface area contributed by atoms with Crippen LogP contribution in [0.1, 0.15) is 19.5 Å². The van der Waals surface area contributed by atoms with E-state index >= 15 is 0 Å². The second-order valence-electron chi connectivity index (χ2n) is 8.98. The van der Waals surface area contributed by atoms with Crippen LogP contribution in [0.4, 0.5) is 9.93 Å². The summed E-state index contributed by atoms with van der Waals surface area (Å²) in [5.41, 5.74) is 2.40. The number of thiazole rings is 1. The highest BCUT2D eigenvalue weighted by Crippen LogP contribution is 2.31. The zero-order chi connectivity index (χ0) is 25.2. The largest absolute Gasteiger partial charge is 0.389 e. The fraction of sp³-hybridized carbons (Fsp3) is 0.292. The number of aliphatic hydroxyl groups is 1. The van der Waals surface area contributed by atoms with E-state index in [1.165, 1.54) is 17.6 Å². The highest BCUT2D eigenvalue weighted by atomic mass is 32.2. The van der Waals surface area contributed by atoms with Crippen LogP contribution in [0, 0.1) is 0 Å². The van der Waals surface area contributed by atoms with Gasteiger partial charge in [0, 0.05) is 25.4 Å². The van der Waals surface area contributed by atoms with Crippen LogP contribution in [0.25, 0.3) is 21.3 Å². The van der Waals surface area contributed by atoms with Crippen molar-refractivity contribution in [3.63, 3.8) is 0 Å². The summed E-state index contributed by atoms with van der Waals surface area (Å²) >= 11 is 1.34. The lowest BCUT2D eigenvalue weighted by Gasteiger charge is -2.16. The standard InChI is InChI=1S/C24H27N5O4S2/c1-24(2,31)14-29-13-18(26-15-29)9-10-25-22(30)28-23-27-20-8-7-17(12-21(20)34-23)16-5-4-6-19(11-16)35(3,32)33/h4-8,11-13,15,31H,9-10,14H2,1-3H3,(H2,25,27,28,30). The molecule has 0 bridgehead atoms. The first-order valence-electron chi connectivity index (χ1n) is 11.0. The summed E-state index contributed by atoms with van der Waals surface area (Å²) in [4.78, 5) is 21.3. The maximum Gasteiger partial charge on any atom is 0.321 e. The molecule has 0 fully saturated rings. The first-order chi connectivity index (χ1) is 16.5. The van der Waals surface area contributed by atoms with E-state index < -0.39 is 15.4 Å². The van der Waals surface area contributed by atoms with Crippen molar-refractivity contribution in [2.75, 3.05) is 18.1 Å². The fourth-order valence-corrected chi connectivity index (χ4v) is 5.15. The molecule has 0 aliphatic carbocycles. The number of carbonyl (C=O) groups is 1. The number of nitrogens with zero attached hydrogens (tertiary/aromatic N) is 3. The van der Waals surface area contributed by atoms with Gasteiger partial charge in [-0.25, -0.2) is 23.2 Å². The number of hydrogen-bond donors (Lipinski definition) is 3. The smallest absolute Gasteiger partial charge is 0.321 e. The summed E-state index contributed by atoms with van der Waals surface area (Å²) in [5, 5.41) is 15.9. The van der Waals surface area contributed by atoms with Gasteiger partial charge in [-0.2, -0.15) is 0 Å². The van der Waals surface area contributed by atoms with Gasteiger partial charge in [-0.05, 0) is 49.2 Å². The van der Waals surface area contributed by atoms with Crippen molar-refractivity contribution in [3.8, 4) is 11.1 Å². The average molecular weight is 514 g/mol. The first kappa shape index (κ1) is 24.8. The Morgan fingerprint density at radius 3 is 2.69 bits per heavy atom. The molecule has 0 saturated heterocycles. The lowest BCUT2D eigenvalue weighted by molar-refractivity contribution is 0.0615. The van der Waals surface area contributed by atoms with Crippen molar-refractivity contribution in [1.29, 1.82) is 0 Å². The number of urea groups is 1. The molecule has 4 aromatic rings. The lowest BCUT2D eigenvalue weighted by Crippen LogP contribution is -2.30. The predicted octanol–water partition coefficient (Wildman–Crippen LogP) is 3.70. The molecule has 0 atom stereocenters. The molecule has 2 aromatic heterocycles. The van der Waals surface area contributed by atoms with Gasteiger partial charge in [-0.15, -0.1) is 0 Å². The fourth-order valence-electron chi connectivity index (χ4n) is 3.58. The number of benzene rings is 2. The number of fused-ring (bicyclic) bond motifs is 1. The number of imidazole rings is 1. The molecule has 3 N–H and O–H groups in total. The number of amides is 2. The SMILES string of the molecule is CC(C)(O)Cn1cnc(CCNC(=O)Nc2nc3ccc(-c4cccc(S(C)(=O)=O)c4)cc3s2)c1. The summed E-state index contributed by atoms with van der Waals surface area (Å²) in [6.45, 7) is 4.31. The number of nitrogens with one attached hydrogen (secondary N) is 2. The molecule has 184 valence electrons. The number of hydrogen-bond acceptors (Lipinski definition) is 7. The molecule has 11 heteroatoms. The molecular formula is C24H27N5O4S2. The Morgan fingerprint density at radius 1 is 1.17 bits per heavy atom. The van der Waals surface area contributed by atoms with Gasteiger partial charge in [0.2, 0.25) is 0 Å². The minimum absolute atomic E-state index is 0.266.